The van der Waals surface area contributed by atoms with Gasteiger partial charge in [0.05, 0.1) is 25.3 Å². The van der Waals surface area contributed by atoms with Gasteiger partial charge in [0.1, 0.15) is 34.5 Å². The second-order valence-electron chi connectivity index (χ2n) is 7.76. The van der Waals surface area contributed by atoms with Crippen molar-refractivity contribution in [1.29, 1.82) is 0 Å². The second kappa shape index (κ2) is 7.26. The topological polar surface area (TPSA) is 104 Å². The first-order chi connectivity index (χ1) is 15.4. The lowest BCUT2D eigenvalue weighted by atomic mass is 9.85. The van der Waals surface area contributed by atoms with Gasteiger partial charge in [0.25, 0.3) is 0 Å². The third-order valence-corrected chi connectivity index (χ3v) is 6.02. The van der Waals surface area contributed by atoms with Crippen molar-refractivity contribution in [2.75, 3.05) is 7.11 Å². The minimum atomic E-state index is -0.429. The quantitative estimate of drug-likeness (QED) is 0.389. The number of aryl methyl sites for hydroxylation is 1. The maximum absolute atomic E-state index is 13.4. The zero-order chi connectivity index (χ0) is 22.6. The third kappa shape index (κ3) is 2.95. The van der Waals surface area contributed by atoms with Gasteiger partial charge >= 0.3 is 5.97 Å². The highest BCUT2D eigenvalue weighted by molar-refractivity contribution is 5.94. The minimum absolute atomic E-state index is 0.0431. The summed E-state index contributed by atoms with van der Waals surface area (Å²) in [6.07, 6.45) is 3.14. The molecule has 162 valence electrons. The third-order valence-electron chi connectivity index (χ3n) is 6.02. The normalized spacial score (nSPS) is 15.5. The number of methoxy groups -OCH3 is 1. The predicted octanol–water partition coefficient (Wildman–Crippen LogP) is 3.66. The average Bonchev–Trinajstić information content (AvgIpc) is 3.11. The molecule has 1 aliphatic heterocycles. The molecule has 8 heteroatoms. The molecule has 2 aromatic heterocycles. The van der Waals surface area contributed by atoms with Crippen molar-refractivity contribution in [2.45, 2.75) is 19.3 Å². The summed E-state index contributed by atoms with van der Waals surface area (Å²) in [5.74, 6) is -0.314. The molecule has 3 heterocycles. The van der Waals surface area contributed by atoms with Gasteiger partial charge in [0.2, 0.25) is 5.43 Å². The monoisotopic (exact) mass is 432 g/mol. The molecule has 1 aliphatic rings. The number of carbonyl (C=O) groups is 1. The van der Waals surface area contributed by atoms with Gasteiger partial charge in [-0.05, 0) is 24.6 Å². The van der Waals surface area contributed by atoms with Crippen LogP contribution in [0, 0.1) is 6.92 Å². The van der Waals surface area contributed by atoms with Crippen LogP contribution in [0.4, 0.5) is 0 Å². The van der Waals surface area contributed by atoms with Crippen LogP contribution in [0.25, 0.3) is 22.1 Å². The lowest BCUT2D eigenvalue weighted by Gasteiger charge is -2.25. The molecule has 1 N–H and O–H groups in total. The molecular weight excluding hydrogens is 412 g/mol. The Morgan fingerprint density at radius 3 is 2.62 bits per heavy atom. The number of esters is 1. The average molecular weight is 432 g/mol. The summed E-state index contributed by atoms with van der Waals surface area (Å²) in [6.45, 7) is 1.91. The Bertz CT molecular complexity index is 1430. The molecular formula is C24H20N2O6. The molecule has 0 radical (unpaired) electrons. The number of ether oxygens (including phenoxy) is 2. The highest BCUT2D eigenvalue weighted by atomic mass is 16.5. The number of aromatic nitrogens is 2. The summed E-state index contributed by atoms with van der Waals surface area (Å²) in [5, 5.41) is 15.0. The van der Waals surface area contributed by atoms with E-state index in [1.54, 1.807) is 42.3 Å². The molecule has 0 amide bonds. The summed E-state index contributed by atoms with van der Waals surface area (Å²) >= 11 is 0. The van der Waals surface area contributed by atoms with E-state index in [1.165, 1.54) is 12.3 Å². The number of benzene rings is 2. The fraction of sp³-hybridized carbons (Fsp3) is 0.208. The van der Waals surface area contributed by atoms with Crippen LogP contribution in [-0.4, -0.2) is 28.0 Å². The number of aromatic hydroxyl groups is 1. The Balaban J connectivity index is 1.76. The number of phenols is 1. The molecule has 0 saturated carbocycles. The number of carbonyl (C=O) groups excluding carboxylic acids is 1. The van der Waals surface area contributed by atoms with Crippen LogP contribution >= 0.6 is 0 Å². The fourth-order valence-corrected chi connectivity index (χ4v) is 4.23. The Hall–Kier alpha value is -4.07. The first-order valence-corrected chi connectivity index (χ1v) is 10.0. The van der Waals surface area contributed by atoms with Crippen LogP contribution in [0.2, 0.25) is 0 Å². The van der Waals surface area contributed by atoms with Crippen LogP contribution in [0.1, 0.15) is 29.2 Å². The molecule has 4 aromatic rings. The van der Waals surface area contributed by atoms with Crippen molar-refractivity contribution in [2.24, 2.45) is 7.05 Å². The van der Waals surface area contributed by atoms with E-state index in [0.29, 0.717) is 22.4 Å². The zero-order valence-electron chi connectivity index (χ0n) is 17.7. The van der Waals surface area contributed by atoms with E-state index in [9.17, 15) is 14.7 Å². The van der Waals surface area contributed by atoms with E-state index in [0.717, 1.165) is 11.3 Å². The van der Waals surface area contributed by atoms with Crippen molar-refractivity contribution >= 4 is 16.9 Å². The van der Waals surface area contributed by atoms with Gasteiger partial charge in [0, 0.05) is 35.9 Å². The molecule has 0 aliphatic carbocycles. The van der Waals surface area contributed by atoms with Crippen LogP contribution in [-0.2, 0) is 11.8 Å². The molecule has 0 spiro atoms. The number of nitrogens with zero attached hydrogens (tertiary/aromatic N) is 2. The Morgan fingerprint density at radius 1 is 1.22 bits per heavy atom. The zero-order valence-corrected chi connectivity index (χ0v) is 17.7. The summed E-state index contributed by atoms with van der Waals surface area (Å²) in [7, 11) is 3.38. The molecule has 32 heavy (non-hydrogen) atoms. The van der Waals surface area contributed by atoms with Gasteiger partial charge in [-0.25, -0.2) is 0 Å². The summed E-state index contributed by atoms with van der Waals surface area (Å²) < 4.78 is 18.2. The van der Waals surface area contributed by atoms with Crippen molar-refractivity contribution in [3.05, 3.63) is 69.8 Å². The highest BCUT2D eigenvalue weighted by Crippen LogP contribution is 2.46. The summed E-state index contributed by atoms with van der Waals surface area (Å²) in [5.41, 5.74) is 3.01. The molecule has 8 nitrogen and oxygen atoms in total. The Morgan fingerprint density at radius 2 is 1.97 bits per heavy atom. The van der Waals surface area contributed by atoms with E-state index >= 15 is 0 Å². The van der Waals surface area contributed by atoms with E-state index in [2.05, 4.69) is 5.10 Å². The largest absolute Gasteiger partial charge is 0.507 e. The second-order valence-corrected chi connectivity index (χ2v) is 7.76. The van der Waals surface area contributed by atoms with Gasteiger partial charge < -0.3 is 19.0 Å². The molecule has 2 aromatic carbocycles. The number of hydrogen-bond acceptors (Lipinski definition) is 7. The summed E-state index contributed by atoms with van der Waals surface area (Å²) in [4.78, 5) is 25.7. The standard InChI is InChI=1S/C24H20N2O6/c1-12-16(10-25-26(12)2)15-8-20(28)32-19-9-18(27)22-23(29)17(11-31-24(22)21(15)19)13-4-6-14(30-3)7-5-13/h4-7,9-11,15,27H,8H2,1-3H3. The lowest BCUT2D eigenvalue weighted by Crippen LogP contribution is -2.22. The maximum Gasteiger partial charge on any atom is 0.312 e. The predicted molar refractivity (Wildman–Crippen MR) is 116 cm³/mol. The number of phenolic OH excluding ortho intramolecular Hbond substituents is 1. The molecule has 5 rings (SSSR count). The molecule has 1 unspecified atom stereocenters. The van der Waals surface area contributed by atoms with Crippen molar-refractivity contribution in [3.63, 3.8) is 0 Å². The van der Waals surface area contributed by atoms with Crippen LogP contribution in [0.15, 0.2) is 52.0 Å². The van der Waals surface area contributed by atoms with E-state index in [-0.39, 0.29) is 34.3 Å². The molecule has 0 bridgehead atoms. The fourth-order valence-electron chi connectivity index (χ4n) is 4.23. The van der Waals surface area contributed by atoms with Crippen LogP contribution < -0.4 is 14.9 Å². The molecule has 0 saturated heterocycles. The Kier molecular flexibility index (Phi) is 4.51. The van der Waals surface area contributed by atoms with Gasteiger partial charge in [-0.3, -0.25) is 14.3 Å². The molecule has 1 atom stereocenters. The van der Waals surface area contributed by atoms with E-state index in [1.807, 2.05) is 14.0 Å². The summed E-state index contributed by atoms with van der Waals surface area (Å²) in [6, 6.07) is 8.28. The molecule has 0 fully saturated rings. The van der Waals surface area contributed by atoms with Gasteiger partial charge in [-0.2, -0.15) is 5.10 Å². The highest BCUT2D eigenvalue weighted by Gasteiger charge is 2.35. The SMILES string of the molecule is COc1ccc(-c2coc3c4c(cc(O)c3c2=O)OC(=O)CC4c2cnn(C)c2C)cc1. The van der Waals surface area contributed by atoms with Crippen LogP contribution in [0.3, 0.4) is 0 Å². The van der Waals surface area contributed by atoms with Crippen molar-refractivity contribution in [1.82, 2.24) is 9.78 Å². The minimum Gasteiger partial charge on any atom is -0.507 e. The number of fused-ring (bicyclic) bond motifs is 3. The van der Waals surface area contributed by atoms with E-state index < -0.39 is 11.9 Å². The lowest BCUT2D eigenvalue weighted by molar-refractivity contribution is -0.135. The number of rotatable bonds is 3. The number of hydrogen-bond donors (Lipinski definition) is 1. The van der Waals surface area contributed by atoms with Gasteiger partial charge in [-0.1, -0.05) is 12.1 Å². The maximum atomic E-state index is 13.4. The first-order valence-electron chi connectivity index (χ1n) is 10.0. The van der Waals surface area contributed by atoms with Gasteiger partial charge in [-0.15, -0.1) is 0 Å². The van der Waals surface area contributed by atoms with Crippen molar-refractivity contribution in [3.8, 4) is 28.4 Å². The first kappa shape index (κ1) is 19.9. The van der Waals surface area contributed by atoms with Gasteiger partial charge in [0.15, 0.2) is 0 Å². The Labute approximate surface area is 182 Å². The van der Waals surface area contributed by atoms with Crippen molar-refractivity contribution < 1.29 is 23.8 Å². The smallest absolute Gasteiger partial charge is 0.312 e. The van der Waals surface area contributed by atoms with E-state index in [4.69, 9.17) is 13.9 Å². The van der Waals surface area contributed by atoms with Crippen LogP contribution in [0.5, 0.6) is 17.2 Å².